The molecule has 3 rings (SSSR count). The third-order valence-electron chi connectivity index (χ3n) is 4.46. The molecule has 1 aliphatic rings. The van der Waals surface area contributed by atoms with Gasteiger partial charge in [-0.25, -0.2) is 0 Å². The molecule has 1 aromatic carbocycles. The Morgan fingerprint density at radius 2 is 2.00 bits per heavy atom. The van der Waals surface area contributed by atoms with Gasteiger partial charge < -0.3 is 0 Å². The van der Waals surface area contributed by atoms with Crippen LogP contribution < -0.4 is 4.68 Å². The smallest absolute Gasteiger partial charge is 0.123 e. The van der Waals surface area contributed by atoms with Gasteiger partial charge in [0.15, 0.2) is 6.20 Å². The highest BCUT2D eigenvalue weighted by Crippen LogP contribution is 2.38. The molecular formula is C17H21N2+. The zero-order valence-corrected chi connectivity index (χ0v) is 11.9. The van der Waals surface area contributed by atoms with Crippen molar-refractivity contribution in [1.82, 2.24) is 4.68 Å². The monoisotopic (exact) mass is 253 g/mol. The molecule has 0 fully saturated rings. The lowest BCUT2D eigenvalue weighted by Gasteiger charge is -2.28. The van der Waals surface area contributed by atoms with Gasteiger partial charge in [-0.05, 0) is 37.5 Å². The van der Waals surface area contributed by atoms with Gasteiger partial charge in [0.1, 0.15) is 5.69 Å². The van der Waals surface area contributed by atoms with Crippen molar-refractivity contribution >= 4 is 6.20 Å². The molecule has 0 spiro atoms. The minimum atomic E-state index is 0.146. The second-order valence-corrected chi connectivity index (χ2v) is 5.41. The van der Waals surface area contributed by atoms with Crippen LogP contribution in [0.15, 0.2) is 42.7 Å². The van der Waals surface area contributed by atoms with Crippen LogP contribution in [0.1, 0.15) is 37.8 Å². The first-order valence-electron chi connectivity index (χ1n) is 7.10. The number of allylic oxidation sites excluding steroid dienone is 1. The fourth-order valence-electron chi connectivity index (χ4n) is 3.11. The molecule has 2 nitrogen and oxygen atoms in total. The molecule has 0 amide bonds. The molecule has 0 radical (unpaired) electrons. The summed E-state index contributed by atoms with van der Waals surface area (Å²) in [6.07, 6.45) is 11.0. The van der Waals surface area contributed by atoms with Gasteiger partial charge in [-0.15, -0.1) is 4.68 Å². The fourth-order valence-corrected chi connectivity index (χ4v) is 3.11. The van der Waals surface area contributed by atoms with Crippen molar-refractivity contribution < 1.29 is 4.68 Å². The number of nitrogens with zero attached hydrogens (tertiary/aromatic N) is 2. The quantitative estimate of drug-likeness (QED) is 0.723. The van der Waals surface area contributed by atoms with Gasteiger partial charge in [0.25, 0.3) is 0 Å². The van der Waals surface area contributed by atoms with E-state index in [0.29, 0.717) is 0 Å². The van der Waals surface area contributed by atoms with E-state index in [0.717, 1.165) is 12.8 Å². The lowest BCUT2D eigenvalue weighted by molar-refractivity contribution is -0.649. The summed E-state index contributed by atoms with van der Waals surface area (Å²) in [5.74, 6) is 0. The molecule has 2 heterocycles. The van der Waals surface area contributed by atoms with Gasteiger partial charge in [-0.2, -0.15) is 0 Å². The lowest BCUT2D eigenvalue weighted by Crippen LogP contribution is -2.34. The Morgan fingerprint density at radius 1 is 1.21 bits per heavy atom. The van der Waals surface area contributed by atoms with E-state index in [9.17, 15) is 0 Å². The van der Waals surface area contributed by atoms with E-state index >= 15 is 0 Å². The van der Waals surface area contributed by atoms with Gasteiger partial charge in [0, 0.05) is 11.5 Å². The molecule has 0 saturated heterocycles. The highest BCUT2D eigenvalue weighted by Gasteiger charge is 2.33. The molecule has 0 unspecified atom stereocenters. The summed E-state index contributed by atoms with van der Waals surface area (Å²) in [4.78, 5) is 0. The predicted octanol–water partition coefficient (Wildman–Crippen LogP) is 3.62. The summed E-state index contributed by atoms with van der Waals surface area (Å²) in [7, 11) is 0. The summed E-state index contributed by atoms with van der Waals surface area (Å²) < 4.78 is 4.37. The first kappa shape index (κ1) is 12.2. The molecule has 0 N–H and O–H groups in total. The molecule has 19 heavy (non-hydrogen) atoms. The SMILES string of the molecule is CCC1(CC)C=C[n+]2cccn2-c2ccc(C)cc21. The third kappa shape index (κ3) is 1.74. The fraction of sp³-hybridized carbons (Fsp3) is 0.353. The number of hydrogen-bond donors (Lipinski definition) is 0. The third-order valence-corrected chi connectivity index (χ3v) is 4.46. The molecular weight excluding hydrogens is 232 g/mol. The molecule has 0 bridgehead atoms. The Balaban J connectivity index is 2.35. The average Bonchev–Trinajstić information content (AvgIpc) is 2.85. The van der Waals surface area contributed by atoms with E-state index in [2.05, 4.69) is 79.1 Å². The maximum absolute atomic E-state index is 2.37. The Morgan fingerprint density at radius 3 is 2.74 bits per heavy atom. The Kier molecular flexibility index (Phi) is 2.81. The number of benzene rings is 1. The van der Waals surface area contributed by atoms with Gasteiger partial charge in [-0.3, -0.25) is 0 Å². The Bertz CT molecular complexity index is 630. The zero-order valence-electron chi connectivity index (χ0n) is 11.9. The summed E-state index contributed by atoms with van der Waals surface area (Å²) in [6.45, 7) is 6.74. The average molecular weight is 253 g/mol. The van der Waals surface area contributed by atoms with E-state index in [1.807, 2.05) is 0 Å². The first-order chi connectivity index (χ1) is 9.20. The summed E-state index contributed by atoms with van der Waals surface area (Å²) in [6, 6.07) is 8.88. The van der Waals surface area contributed by atoms with E-state index in [4.69, 9.17) is 0 Å². The van der Waals surface area contributed by atoms with Crippen LogP contribution in [0, 0.1) is 6.92 Å². The molecule has 1 aromatic heterocycles. The van der Waals surface area contributed by atoms with Crippen molar-refractivity contribution in [2.75, 3.05) is 0 Å². The summed E-state index contributed by atoms with van der Waals surface area (Å²) >= 11 is 0. The van der Waals surface area contributed by atoms with Crippen LogP contribution in [-0.2, 0) is 5.41 Å². The van der Waals surface area contributed by atoms with E-state index < -0.39 is 0 Å². The Labute approximate surface area is 115 Å². The minimum absolute atomic E-state index is 0.146. The minimum Gasteiger partial charge on any atom is -0.123 e. The van der Waals surface area contributed by atoms with Gasteiger partial charge in [0.2, 0.25) is 6.20 Å². The summed E-state index contributed by atoms with van der Waals surface area (Å²) in [5, 5.41) is 0. The number of rotatable bonds is 2. The van der Waals surface area contributed by atoms with Crippen molar-refractivity contribution in [3.05, 3.63) is 53.9 Å². The number of fused-ring (bicyclic) bond motifs is 3. The zero-order chi connectivity index (χ0) is 13.5. The van der Waals surface area contributed by atoms with Crippen LogP contribution in [-0.4, -0.2) is 4.68 Å². The number of hydrogen-bond acceptors (Lipinski definition) is 0. The van der Waals surface area contributed by atoms with Crippen molar-refractivity contribution in [3.8, 4) is 5.69 Å². The normalized spacial score (nSPS) is 15.7. The van der Waals surface area contributed by atoms with Crippen LogP contribution in [0.3, 0.4) is 0 Å². The first-order valence-corrected chi connectivity index (χ1v) is 7.10. The van der Waals surface area contributed by atoms with E-state index in [1.54, 1.807) is 0 Å². The maximum atomic E-state index is 2.37. The van der Waals surface area contributed by atoms with E-state index in [1.165, 1.54) is 16.8 Å². The number of aryl methyl sites for hydroxylation is 1. The van der Waals surface area contributed by atoms with Crippen molar-refractivity contribution in [2.45, 2.75) is 39.0 Å². The molecule has 0 saturated carbocycles. The predicted molar refractivity (Wildman–Crippen MR) is 78.3 cm³/mol. The number of aromatic nitrogens is 2. The molecule has 2 heteroatoms. The standard InChI is InChI=1S/C17H21N2/c1-4-17(5-2)9-12-18-10-6-11-19(18)16-8-7-14(3)13-15(16)17/h6-13H,4-5H2,1-3H3/q+1. The molecule has 0 aliphatic carbocycles. The highest BCUT2D eigenvalue weighted by atomic mass is 15.4. The Hall–Kier alpha value is -1.83. The van der Waals surface area contributed by atoms with Crippen molar-refractivity contribution in [3.63, 3.8) is 0 Å². The van der Waals surface area contributed by atoms with Gasteiger partial charge >= 0.3 is 0 Å². The topological polar surface area (TPSA) is 8.81 Å². The second-order valence-electron chi connectivity index (χ2n) is 5.41. The molecule has 0 atom stereocenters. The van der Waals surface area contributed by atoms with Gasteiger partial charge in [-0.1, -0.05) is 36.2 Å². The van der Waals surface area contributed by atoms with Crippen LogP contribution in [0.2, 0.25) is 0 Å². The van der Waals surface area contributed by atoms with Gasteiger partial charge in [0.05, 0.1) is 6.20 Å². The second kappa shape index (κ2) is 4.37. The molecule has 98 valence electrons. The molecule has 2 aromatic rings. The van der Waals surface area contributed by atoms with Crippen LogP contribution in [0.4, 0.5) is 0 Å². The molecule has 1 aliphatic heterocycles. The maximum Gasteiger partial charge on any atom is 0.202 e. The van der Waals surface area contributed by atoms with Crippen molar-refractivity contribution in [1.29, 1.82) is 0 Å². The highest BCUT2D eigenvalue weighted by molar-refractivity contribution is 5.51. The lowest BCUT2D eigenvalue weighted by atomic mass is 9.75. The van der Waals surface area contributed by atoms with Crippen LogP contribution in [0.25, 0.3) is 11.9 Å². The van der Waals surface area contributed by atoms with Crippen LogP contribution >= 0.6 is 0 Å². The largest absolute Gasteiger partial charge is 0.202 e. The summed E-state index contributed by atoms with van der Waals surface area (Å²) in [5.41, 5.74) is 4.22. The van der Waals surface area contributed by atoms with Crippen LogP contribution in [0.5, 0.6) is 0 Å². The van der Waals surface area contributed by atoms with E-state index in [-0.39, 0.29) is 5.41 Å². The van der Waals surface area contributed by atoms with Crippen molar-refractivity contribution in [2.24, 2.45) is 0 Å².